The third kappa shape index (κ3) is 4.30. The van der Waals surface area contributed by atoms with Crippen LogP contribution in [0.5, 0.6) is 0 Å². The third-order valence-electron chi connectivity index (χ3n) is 5.74. The van der Waals surface area contributed by atoms with E-state index in [9.17, 15) is 4.79 Å². The Morgan fingerprint density at radius 2 is 1.80 bits per heavy atom. The molecule has 2 aliphatic heterocycles. The number of rotatable bonds is 4. The number of hydrogen-bond donors (Lipinski definition) is 1. The Balaban J connectivity index is 1.61. The van der Waals surface area contributed by atoms with E-state index in [-0.39, 0.29) is 5.91 Å². The maximum atomic E-state index is 11.8. The average molecular weight is 345 g/mol. The number of aromatic nitrogens is 1. The number of likely N-dealkylation sites (N-methyl/N-ethyl adjacent to an activating group) is 1. The maximum Gasteiger partial charge on any atom is 0.252 e. The van der Waals surface area contributed by atoms with Crippen LogP contribution in [0.15, 0.2) is 6.07 Å². The number of piperazine rings is 1. The molecule has 0 spiro atoms. The minimum absolute atomic E-state index is 0.384. The number of piperidine rings is 1. The minimum atomic E-state index is -0.384. The second-order valence-corrected chi connectivity index (χ2v) is 7.66. The fraction of sp³-hybridized carbons (Fsp3) is 0.684. The number of carbonyl (C=O) groups is 1. The van der Waals surface area contributed by atoms with E-state index in [1.54, 1.807) is 0 Å². The summed E-state index contributed by atoms with van der Waals surface area (Å²) in [5, 5.41) is 0. The number of carbonyl (C=O) groups excluding carboxylic acids is 1. The molecule has 0 radical (unpaired) electrons. The summed E-state index contributed by atoms with van der Waals surface area (Å²) >= 11 is 0. The van der Waals surface area contributed by atoms with E-state index in [0.717, 1.165) is 48.9 Å². The van der Waals surface area contributed by atoms with Gasteiger partial charge in [-0.25, -0.2) is 4.98 Å². The van der Waals surface area contributed by atoms with Crippen LogP contribution in [-0.2, 0) is 0 Å². The lowest BCUT2D eigenvalue weighted by atomic mass is 9.95. The number of hydrogen-bond acceptors (Lipinski definition) is 5. The topological polar surface area (TPSA) is 65.7 Å². The molecule has 2 fully saturated rings. The second kappa shape index (κ2) is 7.70. The van der Waals surface area contributed by atoms with Crippen LogP contribution in [0.25, 0.3) is 0 Å². The van der Waals surface area contributed by atoms with Gasteiger partial charge in [-0.15, -0.1) is 0 Å². The molecular formula is C19H31N5O. The minimum Gasteiger partial charge on any atom is -0.365 e. The zero-order valence-electron chi connectivity index (χ0n) is 15.8. The van der Waals surface area contributed by atoms with Crippen LogP contribution in [0.4, 0.5) is 5.82 Å². The van der Waals surface area contributed by atoms with Crippen LogP contribution in [0.2, 0.25) is 0 Å². The van der Waals surface area contributed by atoms with Crippen molar-refractivity contribution in [2.45, 2.75) is 26.7 Å². The highest BCUT2D eigenvalue weighted by Crippen LogP contribution is 2.27. The summed E-state index contributed by atoms with van der Waals surface area (Å²) in [6, 6.07) is 1.89. The summed E-state index contributed by atoms with van der Waals surface area (Å²) in [5.74, 6) is 1.13. The first-order valence-corrected chi connectivity index (χ1v) is 9.38. The summed E-state index contributed by atoms with van der Waals surface area (Å²) in [6.07, 6.45) is 2.30. The van der Waals surface area contributed by atoms with E-state index in [4.69, 9.17) is 5.73 Å². The summed E-state index contributed by atoms with van der Waals surface area (Å²) < 4.78 is 0. The molecule has 1 aromatic rings. The van der Waals surface area contributed by atoms with Crippen LogP contribution >= 0.6 is 0 Å². The van der Waals surface area contributed by atoms with Crippen molar-refractivity contribution in [3.8, 4) is 0 Å². The highest BCUT2D eigenvalue weighted by Gasteiger charge is 2.26. The lowest BCUT2D eigenvalue weighted by Crippen LogP contribution is -2.47. The van der Waals surface area contributed by atoms with Crippen molar-refractivity contribution in [1.29, 1.82) is 0 Å². The van der Waals surface area contributed by atoms with Crippen molar-refractivity contribution in [3.63, 3.8) is 0 Å². The van der Waals surface area contributed by atoms with E-state index in [2.05, 4.69) is 26.7 Å². The molecule has 1 aromatic heterocycles. The molecule has 2 saturated heterocycles. The molecule has 3 heterocycles. The Labute approximate surface area is 151 Å². The fourth-order valence-corrected chi connectivity index (χ4v) is 3.84. The van der Waals surface area contributed by atoms with Crippen LogP contribution in [-0.4, -0.2) is 73.6 Å². The molecule has 138 valence electrons. The molecule has 6 heteroatoms. The van der Waals surface area contributed by atoms with Gasteiger partial charge in [0, 0.05) is 51.5 Å². The van der Waals surface area contributed by atoms with Crippen LogP contribution in [0.3, 0.4) is 0 Å². The van der Waals surface area contributed by atoms with Crippen LogP contribution in [0.1, 0.15) is 34.5 Å². The first kappa shape index (κ1) is 18.1. The zero-order chi connectivity index (χ0) is 18.0. The van der Waals surface area contributed by atoms with E-state index in [1.807, 2.05) is 19.9 Å². The second-order valence-electron chi connectivity index (χ2n) is 7.66. The van der Waals surface area contributed by atoms with Gasteiger partial charge in [0.05, 0.1) is 5.56 Å². The summed E-state index contributed by atoms with van der Waals surface area (Å²) in [4.78, 5) is 23.7. The molecule has 0 aliphatic carbocycles. The number of anilines is 1. The van der Waals surface area contributed by atoms with Gasteiger partial charge >= 0.3 is 0 Å². The first-order chi connectivity index (χ1) is 11.9. The van der Waals surface area contributed by atoms with E-state index in [0.29, 0.717) is 5.56 Å². The quantitative estimate of drug-likeness (QED) is 0.890. The van der Waals surface area contributed by atoms with Gasteiger partial charge in [0.25, 0.3) is 5.91 Å². The molecule has 2 N–H and O–H groups in total. The SMILES string of the molecule is Cc1cc(C(N)=O)c(N2CCC(CN3CCN(C)CC3)CC2)nc1C. The molecule has 25 heavy (non-hydrogen) atoms. The van der Waals surface area contributed by atoms with Gasteiger partial charge in [0.15, 0.2) is 0 Å². The lowest BCUT2D eigenvalue weighted by molar-refractivity contribution is 0.1000. The molecule has 0 atom stereocenters. The molecule has 0 unspecified atom stereocenters. The summed E-state index contributed by atoms with van der Waals surface area (Å²) in [6.45, 7) is 11.8. The number of primary amides is 1. The van der Waals surface area contributed by atoms with Crippen molar-refractivity contribution >= 4 is 11.7 Å². The Morgan fingerprint density at radius 1 is 1.16 bits per heavy atom. The van der Waals surface area contributed by atoms with Crippen molar-refractivity contribution < 1.29 is 4.79 Å². The molecule has 0 saturated carbocycles. The van der Waals surface area contributed by atoms with Crippen molar-refractivity contribution in [2.24, 2.45) is 11.7 Å². The Bertz CT molecular complexity index is 616. The maximum absolute atomic E-state index is 11.8. The van der Waals surface area contributed by atoms with Gasteiger partial charge < -0.3 is 20.4 Å². The smallest absolute Gasteiger partial charge is 0.252 e. The van der Waals surface area contributed by atoms with Gasteiger partial charge in [-0.1, -0.05) is 0 Å². The number of amides is 1. The molecule has 6 nitrogen and oxygen atoms in total. The van der Waals surface area contributed by atoms with E-state index < -0.39 is 0 Å². The Kier molecular flexibility index (Phi) is 5.59. The molecule has 0 aromatic carbocycles. The summed E-state index contributed by atoms with van der Waals surface area (Å²) in [5.41, 5.74) is 8.13. The van der Waals surface area contributed by atoms with Crippen molar-refractivity contribution in [1.82, 2.24) is 14.8 Å². The van der Waals surface area contributed by atoms with Gasteiger partial charge in [-0.2, -0.15) is 0 Å². The number of pyridine rings is 1. The molecule has 0 bridgehead atoms. The van der Waals surface area contributed by atoms with Crippen LogP contribution in [0, 0.1) is 19.8 Å². The zero-order valence-corrected chi connectivity index (χ0v) is 15.8. The Hall–Kier alpha value is -1.66. The fourth-order valence-electron chi connectivity index (χ4n) is 3.84. The van der Waals surface area contributed by atoms with E-state index in [1.165, 1.54) is 32.7 Å². The highest BCUT2D eigenvalue weighted by molar-refractivity contribution is 5.98. The Morgan fingerprint density at radius 3 is 2.40 bits per heavy atom. The van der Waals surface area contributed by atoms with Gasteiger partial charge in [0.2, 0.25) is 0 Å². The van der Waals surface area contributed by atoms with Gasteiger partial charge in [0.1, 0.15) is 5.82 Å². The number of nitrogens with zero attached hydrogens (tertiary/aromatic N) is 4. The molecule has 3 rings (SSSR count). The average Bonchev–Trinajstić information content (AvgIpc) is 2.59. The molecule has 2 aliphatic rings. The van der Waals surface area contributed by atoms with Crippen molar-refractivity contribution in [3.05, 3.63) is 22.9 Å². The predicted octanol–water partition coefficient (Wildman–Crippen LogP) is 1.26. The van der Waals surface area contributed by atoms with Crippen molar-refractivity contribution in [2.75, 3.05) is 57.8 Å². The highest BCUT2D eigenvalue weighted by atomic mass is 16.1. The molecule has 1 amide bonds. The first-order valence-electron chi connectivity index (χ1n) is 9.38. The molecular weight excluding hydrogens is 314 g/mol. The largest absolute Gasteiger partial charge is 0.365 e. The predicted molar refractivity (Wildman–Crippen MR) is 101 cm³/mol. The summed E-state index contributed by atoms with van der Waals surface area (Å²) in [7, 11) is 2.20. The number of aryl methyl sites for hydroxylation is 2. The monoisotopic (exact) mass is 345 g/mol. The lowest BCUT2D eigenvalue weighted by Gasteiger charge is -2.38. The number of nitrogens with two attached hydrogens (primary N) is 1. The normalized spacial score (nSPS) is 20.8. The van der Waals surface area contributed by atoms with Crippen LogP contribution < -0.4 is 10.6 Å². The van der Waals surface area contributed by atoms with E-state index >= 15 is 0 Å². The standard InChI is InChI=1S/C19H31N5O/c1-14-12-17(18(20)25)19(21-15(14)2)24-6-4-16(5-7-24)13-23-10-8-22(3)9-11-23/h12,16H,4-11,13H2,1-3H3,(H2,20,25). The third-order valence-corrected chi connectivity index (χ3v) is 5.74. The van der Waals surface area contributed by atoms with Gasteiger partial charge in [-0.3, -0.25) is 4.79 Å². The van der Waals surface area contributed by atoms with Gasteiger partial charge in [-0.05, 0) is 51.3 Å².